The molecule has 1 aromatic carbocycles. The van der Waals surface area contributed by atoms with Crippen LogP contribution in [0.5, 0.6) is 0 Å². The molecule has 0 aliphatic carbocycles. The third-order valence-electron chi connectivity index (χ3n) is 2.56. The molecular weight excluding hydrogens is 267 g/mol. The molecular formula is C13H19FN2O2S. The van der Waals surface area contributed by atoms with Crippen molar-refractivity contribution in [2.24, 2.45) is 0 Å². The number of nitrogens with two attached hydrogens (primary N) is 1. The number of nitrogen functional groups attached to an aromatic ring is 1. The number of halogens is 1. The van der Waals surface area contributed by atoms with Gasteiger partial charge in [-0.05, 0) is 45.9 Å². The predicted octanol–water partition coefficient (Wildman–Crippen LogP) is 2.28. The van der Waals surface area contributed by atoms with E-state index in [2.05, 4.69) is 5.32 Å². The Hall–Kier alpha value is -1.43. The first-order valence-corrected chi connectivity index (χ1v) is 7.11. The molecule has 2 unspecified atom stereocenters. The van der Waals surface area contributed by atoms with E-state index in [-0.39, 0.29) is 11.6 Å². The summed E-state index contributed by atoms with van der Waals surface area (Å²) in [6.07, 6.45) is 0. The summed E-state index contributed by atoms with van der Waals surface area (Å²) in [5.74, 6) is -0.913. The van der Waals surface area contributed by atoms with E-state index in [0.29, 0.717) is 5.69 Å². The van der Waals surface area contributed by atoms with E-state index in [4.69, 9.17) is 5.73 Å². The van der Waals surface area contributed by atoms with E-state index in [1.807, 2.05) is 20.8 Å². The average Bonchev–Trinajstić information content (AvgIpc) is 2.30. The Morgan fingerprint density at radius 2 is 2.00 bits per heavy atom. The van der Waals surface area contributed by atoms with E-state index in [0.717, 1.165) is 0 Å². The predicted molar refractivity (Wildman–Crippen MR) is 76.8 cm³/mol. The van der Waals surface area contributed by atoms with Crippen LogP contribution in [0.2, 0.25) is 0 Å². The smallest absolute Gasteiger partial charge is 0.239 e. The number of anilines is 2. The number of nitrogens with one attached hydrogen (secondary N) is 1. The maximum Gasteiger partial charge on any atom is 0.239 e. The van der Waals surface area contributed by atoms with Gasteiger partial charge in [0.2, 0.25) is 5.91 Å². The SMILES string of the molecule is CC(C(=O)Nc1ccc(F)c(N)c1)S(=O)C(C)(C)C. The van der Waals surface area contributed by atoms with Crippen molar-refractivity contribution in [3.63, 3.8) is 0 Å². The summed E-state index contributed by atoms with van der Waals surface area (Å²) in [5, 5.41) is 1.92. The monoisotopic (exact) mass is 286 g/mol. The minimum atomic E-state index is -1.31. The maximum atomic E-state index is 13.0. The summed E-state index contributed by atoms with van der Waals surface area (Å²) in [4.78, 5) is 12.0. The lowest BCUT2D eigenvalue weighted by Crippen LogP contribution is -2.37. The molecule has 0 aliphatic heterocycles. The molecule has 0 bridgehead atoms. The van der Waals surface area contributed by atoms with Gasteiger partial charge in [0.15, 0.2) is 0 Å². The van der Waals surface area contributed by atoms with Gasteiger partial charge in [-0.15, -0.1) is 0 Å². The minimum Gasteiger partial charge on any atom is -0.396 e. The van der Waals surface area contributed by atoms with E-state index in [1.165, 1.54) is 18.2 Å². The molecule has 6 heteroatoms. The molecule has 2 atom stereocenters. The van der Waals surface area contributed by atoms with E-state index in [1.54, 1.807) is 6.92 Å². The van der Waals surface area contributed by atoms with Gasteiger partial charge in [0.05, 0.1) is 5.69 Å². The van der Waals surface area contributed by atoms with Gasteiger partial charge in [-0.1, -0.05) is 0 Å². The Bertz CT molecular complexity index is 512. The molecule has 0 aromatic heterocycles. The highest BCUT2D eigenvalue weighted by molar-refractivity contribution is 7.87. The summed E-state index contributed by atoms with van der Waals surface area (Å²) in [6, 6.07) is 3.92. The molecule has 1 rings (SSSR count). The molecule has 1 aromatic rings. The Morgan fingerprint density at radius 1 is 1.42 bits per heavy atom. The number of amides is 1. The third-order valence-corrected chi connectivity index (χ3v) is 4.62. The summed E-state index contributed by atoms with van der Waals surface area (Å²) in [5.41, 5.74) is 5.77. The van der Waals surface area contributed by atoms with E-state index in [9.17, 15) is 13.4 Å². The van der Waals surface area contributed by atoms with Gasteiger partial charge >= 0.3 is 0 Å². The van der Waals surface area contributed by atoms with Gasteiger partial charge in [-0.2, -0.15) is 0 Å². The van der Waals surface area contributed by atoms with Crippen molar-refractivity contribution in [1.82, 2.24) is 0 Å². The zero-order valence-corrected chi connectivity index (χ0v) is 12.3. The highest BCUT2D eigenvalue weighted by atomic mass is 32.2. The fourth-order valence-corrected chi connectivity index (χ4v) is 2.81. The van der Waals surface area contributed by atoms with Crippen molar-refractivity contribution in [2.45, 2.75) is 37.7 Å². The molecule has 0 radical (unpaired) electrons. The molecule has 0 spiro atoms. The van der Waals surface area contributed by atoms with Crippen LogP contribution < -0.4 is 11.1 Å². The second-order valence-electron chi connectivity index (χ2n) is 5.28. The normalized spacial score (nSPS) is 14.8. The van der Waals surface area contributed by atoms with Gasteiger partial charge < -0.3 is 11.1 Å². The molecule has 0 fully saturated rings. The van der Waals surface area contributed by atoms with Crippen LogP contribution in [0.25, 0.3) is 0 Å². The molecule has 0 aliphatic rings. The van der Waals surface area contributed by atoms with Gasteiger partial charge in [-0.3, -0.25) is 9.00 Å². The number of rotatable bonds is 3. The van der Waals surface area contributed by atoms with Crippen molar-refractivity contribution in [1.29, 1.82) is 0 Å². The molecule has 1 amide bonds. The molecule has 3 N–H and O–H groups in total. The number of benzene rings is 1. The Balaban J connectivity index is 2.80. The van der Waals surface area contributed by atoms with Gasteiger partial charge in [-0.25, -0.2) is 4.39 Å². The van der Waals surface area contributed by atoms with E-state index >= 15 is 0 Å². The number of carbonyl (C=O) groups is 1. The lowest BCUT2D eigenvalue weighted by atomic mass is 10.2. The Morgan fingerprint density at radius 3 is 2.47 bits per heavy atom. The lowest BCUT2D eigenvalue weighted by Gasteiger charge is -2.22. The summed E-state index contributed by atoms with van der Waals surface area (Å²) in [7, 11) is -1.31. The van der Waals surface area contributed by atoms with Crippen molar-refractivity contribution >= 4 is 28.1 Å². The molecule has 0 saturated carbocycles. The summed E-state index contributed by atoms with van der Waals surface area (Å²) < 4.78 is 24.6. The van der Waals surface area contributed by atoms with Crippen molar-refractivity contribution in [2.75, 3.05) is 11.1 Å². The fraction of sp³-hybridized carbons (Fsp3) is 0.462. The Kier molecular flexibility index (Phi) is 4.68. The van der Waals surface area contributed by atoms with E-state index < -0.39 is 26.6 Å². The van der Waals surface area contributed by atoms with Crippen LogP contribution in [0, 0.1) is 5.82 Å². The molecule has 19 heavy (non-hydrogen) atoms. The van der Waals surface area contributed by atoms with Crippen LogP contribution >= 0.6 is 0 Å². The minimum absolute atomic E-state index is 0.0394. The molecule has 0 heterocycles. The van der Waals surface area contributed by atoms with Crippen LogP contribution in [0.4, 0.5) is 15.8 Å². The zero-order valence-electron chi connectivity index (χ0n) is 11.5. The molecule has 0 saturated heterocycles. The van der Waals surface area contributed by atoms with Crippen LogP contribution in [0.1, 0.15) is 27.7 Å². The quantitative estimate of drug-likeness (QED) is 0.837. The number of hydrogen-bond donors (Lipinski definition) is 2. The summed E-state index contributed by atoms with van der Waals surface area (Å²) >= 11 is 0. The first-order valence-electron chi connectivity index (χ1n) is 5.89. The van der Waals surface area contributed by atoms with Crippen molar-refractivity contribution < 1.29 is 13.4 Å². The van der Waals surface area contributed by atoms with Crippen LogP contribution in [0.15, 0.2) is 18.2 Å². The standard InChI is InChI=1S/C13H19FN2O2S/c1-8(19(18)13(2,3)4)12(17)16-9-5-6-10(14)11(15)7-9/h5-8H,15H2,1-4H3,(H,16,17). The lowest BCUT2D eigenvalue weighted by molar-refractivity contribution is -0.115. The topological polar surface area (TPSA) is 72.2 Å². The second-order valence-corrected chi connectivity index (χ2v) is 7.80. The number of hydrogen-bond acceptors (Lipinski definition) is 3. The average molecular weight is 286 g/mol. The molecule has 4 nitrogen and oxygen atoms in total. The first-order chi connectivity index (χ1) is 8.62. The highest BCUT2D eigenvalue weighted by Crippen LogP contribution is 2.19. The first kappa shape index (κ1) is 15.6. The maximum absolute atomic E-state index is 13.0. The third kappa shape index (κ3) is 4.02. The second kappa shape index (κ2) is 5.69. The van der Waals surface area contributed by atoms with Gasteiger partial charge in [0.1, 0.15) is 11.1 Å². The zero-order chi connectivity index (χ0) is 14.8. The fourth-order valence-electron chi connectivity index (χ4n) is 1.49. The van der Waals surface area contributed by atoms with Crippen molar-refractivity contribution in [3.8, 4) is 0 Å². The van der Waals surface area contributed by atoms with Gasteiger partial charge in [0.25, 0.3) is 0 Å². The van der Waals surface area contributed by atoms with Crippen LogP contribution in [0.3, 0.4) is 0 Å². The number of carbonyl (C=O) groups excluding carboxylic acids is 1. The van der Waals surface area contributed by atoms with Gasteiger partial charge in [0, 0.05) is 21.2 Å². The highest BCUT2D eigenvalue weighted by Gasteiger charge is 2.29. The summed E-state index contributed by atoms with van der Waals surface area (Å²) in [6.45, 7) is 7.03. The van der Waals surface area contributed by atoms with Crippen LogP contribution in [-0.2, 0) is 15.6 Å². The Labute approximate surface area is 115 Å². The van der Waals surface area contributed by atoms with Crippen LogP contribution in [-0.4, -0.2) is 20.1 Å². The molecule has 106 valence electrons. The van der Waals surface area contributed by atoms with Crippen molar-refractivity contribution in [3.05, 3.63) is 24.0 Å². The largest absolute Gasteiger partial charge is 0.396 e.